The smallest absolute Gasteiger partial charge is 0.251 e. The van der Waals surface area contributed by atoms with Gasteiger partial charge in [0.25, 0.3) is 5.91 Å². The third kappa shape index (κ3) is 3.80. The van der Waals surface area contributed by atoms with Crippen LogP contribution in [0.4, 0.5) is 5.95 Å². The fraction of sp³-hybridized carbons (Fsp3) is 0.636. The van der Waals surface area contributed by atoms with Crippen LogP contribution in [0.15, 0.2) is 18.5 Å². The van der Waals surface area contributed by atoms with E-state index in [1.54, 1.807) is 0 Å². The lowest BCUT2D eigenvalue weighted by Gasteiger charge is -2.33. The zero-order chi connectivity index (χ0) is 20.5. The standard InChI is InChI=1S/C22H30N6O2/c1-26-15-17(18-8-9-23-22(24-18)27-10-2-3-11-27)20(25-26)16-6-4-12-28(14-16)21(29)19-7-5-13-30-19/h8-9,15-16,19H,2-7,10-14H2,1H3. The molecule has 30 heavy (non-hydrogen) atoms. The Labute approximate surface area is 177 Å². The van der Waals surface area contributed by atoms with Crippen molar-refractivity contribution in [2.24, 2.45) is 7.05 Å². The van der Waals surface area contributed by atoms with Crippen LogP contribution in [-0.4, -0.2) is 69.4 Å². The first-order valence-electron chi connectivity index (χ1n) is 11.2. The fourth-order valence-corrected chi connectivity index (χ4v) is 4.95. The maximum atomic E-state index is 12.9. The van der Waals surface area contributed by atoms with E-state index in [2.05, 4.69) is 9.88 Å². The van der Waals surface area contributed by atoms with Gasteiger partial charge in [-0.3, -0.25) is 9.48 Å². The monoisotopic (exact) mass is 410 g/mol. The van der Waals surface area contributed by atoms with Gasteiger partial charge in [-0.25, -0.2) is 9.97 Å². The first-order valence-corrected chi connectivity index (χ1v) is 11.2. The molecule has 0 spiro atoms. The molecule has 3 fully saturated rings. The molecule has 0 aromatic carbocycles. The third-order valence-electron chi connectivity index (χ3n) is 6.49. The minimum absolute atomic E-state index is 0.146. The third-order valence-corrected chi connectivity index (χ3v) is 6.49. The lowest BCUT2D eigenvalue weighted by Crippen LogP contribution is -2.44. The molecule has 5 rings (SSSR count). The summed E-state index contributed by atoms with van der Waals surface area (Å²) in [5, 5.41) is 4.80. The van der Waals surface area contributed by atoms with Crippen LogP contribution >= 0.6 is 0 Å². The van der Waals surface area contributed by atoms with Crippen LogP contribution in [0.25, 0.3) is 11.3 Å². The molecule has 8 nitrogen and oxygen atoms in total. The number of anilines is 1. The summed E-state index contributed by atoms with van der Waals surface area (Å²) in [5.41, 5.74) is 3.00. The number of rotatable bonds is 4. The van der Waals surface area contributed by atoms with Gasteiger partial charge in [0, 0.05) is 63.7 Å². The highest BCUT2D eigenvalue weighted by molar-refractivity contribution is 5.81. The normalized spacial score (nSPS) is 24.6. The van der Waals surface area contributed by atoms with Crippen molar-refractivity contribution in [1.29, 1.82) is 0 Å². The highest BCUT2D eigenvalue weighted by Crippen LogP contribution is 2.34. The topological polar surface area (TPSA) is 76.4 Å². The van der Waals surface area contributed by atoms with Crippen molar-refractivity contribution >= 4 is 11.9 Å². The summed E-state index contributed by atoms with van der Waals surface area (Å²) < 4.78 is 7.50. The molecule has 3 aliphatic heterocycles. The van der Waals surface area contributed by atoms with Gasteiger partial charge in [-0.15, -0.1) is 0 Å². The number of carbonyl (C=O) groups is 1. The number of hydrogen-bond acceptors (Lipinski definition) is 6. The minimum Gasteiger partial charge on any atom is -0.368 e. The quantitative estimate of drug-likeness (QED) is 0.770. The van der Waals surface area contributed by atoms with Crippen LogP contribution < -0.4 is 4.90 Å². The van der Waals surface area contributed by atoms with Gasteiger partial charge in [0.1, 0.15) is 6.10 Å². The Morgan fingerprint density at radius 1 is 1.13 bits per heavy atom. The van der Waals surface area contributed by atoms with Crippen LogP contribution in [0.2, 0.25) is 0 Å². The Kier molecular flexibility index (Phi) is 5.41. The SMILES string of the molecule is Cn1cc(-c2ccnc(N3CCCC3)n2)c(C2CCCN(C(=O)C3CCCO3)C2)n1. The summed E-state index contributed by atoms with van der Waals surface area (Å²) in [5.74, 6) is 1.16. The molecule has 0 saturated carbocycles. The van der Waals surface area contributed by atoms with E-state index in [9.17, 15) is 4.79 Å². The van der Waals surface area contributed by atoms with Gasteiger partial charge in [0.15, 0.2) is 0 Å². The van der Waals surface area contributed by atoms with E-state index in [1.165, 1.54) is 12.8 Å². The molecular weight excluding hydrogens is 380 g/mol. The zero-order valence-electron chi connectivity index (χ0n) is 17.7. The number of likely N-dealkylation sites (tertiary alicyclic amines) is 1. The van der Waals surface area contributed by atoms with Gasteiger partial charge in [-0.1, -0.05) is 0 Å². The molecular formula is C22H30N6O2. The van der Waals surface area contributed by atoms with E-state index in [-0.39, 0.29) is 17.9 Å². The number of aryl methyl sites for hydroxylation is 1. The lowest BCUT2D eigenvalue weighted by molar-refractivity contribution is -0.142. The molecule has 5 heterocycles. The lowest BCUT2D eigenvalue weighted by atomic mass is 9.91. The second-order valence-corrected chi connectivity index (χ2v) is 8.66. The average molecular weight is 411 g/mol. The maximum absolute atomic E-state index is 12.9. The van der Waals surface area contributed by atoms with E-state index in [4.69, 9.17) is 14.8 Å². The fourth-order valence-electron chi connectivity index (χ4n) is 4.95. The summed E-state index contributed by atoms with van der Waals surface area (Å²) in [6, 6.07) is 1.97. The Bertz CT molecular complexity index is 901. The summed E-state index contributed by atoms with van der Waals surface area (Å²) in [7, 11) is 1.95. The minimum atomic E-state index is -0.253. The highest BCUT2D eigenvalue weighted by Gasteiger charge is 2.33. The molecule has 1 amide bonds. The molecule has 2 aromatic rings. The first-order chi connectivity index (χ1) is 14.7. The summed E-state index contributed by atoms with van der Waals surface area (Å²) in [6.45, 7) is 4.25. The maximum Gasteiger partial charge on any atom is 0.251 e. The van der Waals surface area contributed by atoms with Gasteiger partial charge in [-0.2, -0.15) is 5.10 Å². The number of carbonyl (C=O) groups excluding carboxylic acids is 1. The Morgan fingerprint density at radius 3 is 2.80 bits per heavy atom. The van der Waals surface area contributed by atoms with E-state index in [0.29, 0.717) is 13.2 Å². The Hall–Kier alpha value is -2.48. The van der Waals surface area contributed by atoms with E-state index in [1.807, 2.05) is 35.1 Å². The van der Waals surface area contributed by atoms with E-state index >= 15 is 0 Å². The van der Waals surface area contributed by atoms with Gasteiger partial charge in [0.05, 0.1) is 11.4 Å². The van der Waals surface area contributed by atoms with Crippen LogP contribution in [0.1, 0.15) is 50.1 Å². The summed E-state index contributed by atoms with van der Waals surface area (Å²) in [4.78, 5) is 26.5. The van der Waals surface area contributed by atoms with Crippen molar-refractivity contribution in [3.63, 3.8) is 0 Å². The van der Waals surface area contributed by atoms with E-state index < -0.39 is 0 Å². The number of piperidine rings is 1. The van der Waals surface area contributed by atoms with Crippen molar-refractivity contribution in [3.05, 3.63) is 24.2 Å². The number of hydrogen-bond donors (Lipinski definition) is 0. The summed E-state index contributed by atoms with van der Waals surface area (Å²) >= 11 is 0. The van der Waals surface area contributed by atoms with Crippen molar-refractivity contribution < 1.29 is 9.53 Å². The molecule has 0 aliphatic carbocycles. The van der Waals surface area contributed by atoms with Gasteiger partial charge in [-0.05, 0) is 44.6 Å². The van der Waals surface area contributed by atoms with Crippen molar-refractivity contribution in [1.82, 2.24) is 24.6 Å². The van der Waals surface area contributed by atoms with Crippen molar-refractivity contribution in [3.8, 4) is 11.3 Å². The second kappa shape index (κ2) is 8.34. The largest absolute Gasteiger partial charge is 0.368 e. The Morgan fingerprint density at radius 2 is 2.00 bits per heavy atom. The molecule has 8 heteroatoms. The number of amides is 1. The number of nitrogens with zero attached hydrogens (tertiary/aromatic N) is 6. The van der Waals surface area contributed by atoms with Gasteiger partial charge in [0.2, 0.25) is 5.95 Å². The molecule has 0 bridgehead atoms. The first kappa shape index (κ1) is 19.5. The zero-order valence-corrected chi connectivity index (χ0v) is 17.7. The van der Waals surface area contributed by atoms with E-state index in [0.717, 1.165) is 68.2 Å². The number of aromatic nitrogens is 4. The van der Waals surface area contributed by atoms with Crippen molar-refractivity contribution in [2.75, 3.05) is 37.7 Å². The molecule has 3 saturated heterocycles. The van der Waals surface area contributed by atoms with Gasteiger partial charge < -0.3 is 14.5 Å². The van der Waals surface area contributed by atoms with Crippen LogP contribution in [-0.2, 0) is 16.6 Å². The molecule has 160 valence electrons. The molecule has 2 aromatic heterocycles. The van der Waals surface area contributed by atoms with Crippen molar-refractivity contribution in [2.45, 2.75) is 50.5 Å². The number of ether oxygens (including phenoxy) is 1. The van der Waals surface area contributed by atoms with Gasteiger partial charge >= 0.3 is 0 Å². The second-order valence-electron chi connectivity index (χ2n) is 8.66. The van der Waals surface area contributed by atoms with Crippen LogP contribution in [0.5, 0.6) is 0 Å². The molecule has 2 atom stereocenters. The predicted octanol–water partition coefficient (Wildman–Crippen LogP) is 2.36. The molecule has 0 N–H and O–H groups in total. The van der Waals surface area contributed by atoms with Crippen LogP contribution in [0.3, 0.4) is 0 Å². The highest BCUT2D eigenvalue weighted by atomic mass is 16.5. The van der Waals surface area contributed by atoms with Crippen LogP contribution in [0, 0.1) is 0 Å². The Balaban J connectivity index is 1.39. The molecule has 2 unspecified atom stereocenters. The molecule has 0 radical (unpaired) electrons. The average Bonchev–Trinajstić information content (AvgIpc) is 3.55. The molecule has 3 aliphatic rings. The predicted molar refractivity (Wildman–Crippen MR) is 113 cm³/mol. The summed E-state index contributed by atoms with van der Waals surface area (Å²) in [6.07, 6.45) is 9.88.